The number of thiophene rings is 1. The van der Waals surface area contributed by atoms with Crippen LogP contribution in [0.3, 0.4) is 0 Å². The van der Waals surface area contributed by atoms with Crippen molar-refractivity contribution in [2.24, 2.45) is 0 Å². The number of rotatable bonds is 5. The maximum Gasteiger partial charge on any atom is 0.227 e. The lowest BCUT2D eigenvalue weighted by Gasteiger charge is -2.29. The van der Waals surface area contributed by atoms with Crippen molar-refractivity contribution >= 4 is 70.4 Å². The minimum Gasteiger partial charge on any atom is -0.436 e. The summed E-state index contributed by atoms with van der Waals surface area (Å²) in [7, 11) is 0. The monoisotopic (exact) mass is 594 g/mol. The molecule has 0 aliphatic carbocycles. The molecule has 0 saturated heterocycles. The summed E-state index contributed by atoms with van der Waals surface area (Å²) in [5, 5.41) is 4.71. The lowest BCUT2D eigenvalue weighted by atomic mass is 10.00. The van der Waals surface area contributed by atoms with Crippen LogP contribution in [0.4, 0.5) is 17.1 Å². The number of benzene rings is 7. The molecular formula is C41H26N2OS. The Morgan fingerprint density at radius 2 is 1.18 bits per heavy atom. The van der Waals surface area contributed by atoms with Crippen LogP contribution in [0.15, 0.2) is 162 Å². The molecule has 0 amide bonds. The molecule has 2 aromatic heterocycles. The van der Waals surface area contributed by atoms with Crippen molar-refractivity contribution in [1.29, 1.82) is 0 Å². The Morgan fingerprint density at radius 3 is 2.04 bits per heavy atom. The lowest BCUT2D eigenvalue weighted by molar-refractivity contribution is 0.620. The standard InChI is InChI=1S/C41H26N2OS/c1-3-12-27(13-4-1)30-16-7-9-19-35(30)43(29-22-25-39-34(26-29)32-17-8-10-21-38(32)45-39)36-20-11-18-33-31(36)23-24-37-40(33)42-41(44-37)28-14-5-2-6-15-28/h1-26H. The number of anilines is 3. The molecule has 0 bridgehead atoms. The van der Waals surface area contributed by atoms with Gasteiger partial charge in [-0.2, -0.15) is 0 Å². The van der Waals surface area contributed by atoms with Crippen molar-refractivity contribution in [2.45, 2.75) is 0 Å². The maximum atomic E-state index is 6.27. The molecule has 0 atom stereocenters. The summed E-state index contributed by atoms with van der Waals surface area (Å²) in [6.07, 6.45) is 0. The van der Waals surface area contributed by atoms with Crippen molar-refractivity contribution in [1.82, 2.24) is 4.98 Å². The van der Waals surface area contributed by atoms with Gasteiger partial charge in [-0.3, -0.25) is 0 Å². The van der Waals surface area contributed by atoms with Gasteiger partial charge in [0.05, 0.1) is 11.4 Å². The summed E-state index contributed by atoms with van der Waals surface area (Å²) in [4.78, 5) is 7.41. The van der Waals surface area contributed by atoms with Crippen LogP contribution >= 0.6 is 11.3 Å². The van der Waals surface area contributed by atoms with Crippen molar-refractivity contribution in [2.75, 3.05) is 4.90 Å². The average Bonchev–Trinajstić information content (AvgIpc) is 3.72. The number of oxazole rings is 1. The topological polar surface area (TPSA) is 29.3 Å². The summed E-state index contributed by atoms with van der Waals surface area (Å²) in [5.74, 6) is 0.629. The minimum absolute atomic E-state index is 0.629. The van der Waals surface area contributed by atoms with Crippen LogP contribution < -0.4 is 4.90 Å². The van der Waals surface area contributed by atoms with Gasteiger partial charge in [-0.1, -0.05) is 97.1 Å². The molecule has 0 spiro atoms. The summed E-state index contributed by atoms with van der Waals surface area (Å²) < 4.78 is 8.85. The van der Waals surface area contributed by atoms with Crippen LogP contribution in [0.2, 0.25) is 0 Å². The van der Waals surface area contributed by atoms with Crippen LogP contribution in [0.5, 0.6) is 0 Å². The quantitative estimate of drug-likeness (QED) is 0.198. The molecular weight excluding hydrogens is 569 g/mol. The van der Waals surface area contributed by atoms with Crippen molar-refractivity contribution in [3.8, 4) is 22.6 Å². The Labute approximate surface area is 264 Å². The third kappa shape index (κ3) is 4.30. The molecule has 2 heterocycles. The highest BCUT2D eigenvalue weighted by Gasteiger charge is 2.21. The van der Waals surface area contributed by atoms with Gasteiger partial charge in [-0.05, 0) is 66.2 Å². The van der Waals surface area contributed by atoms with E-state index in [-0.39, 0.29) is 0 Å². The highest BCUT2D eigenvalue weighted by Crippen LogP contribution is 2.46. The fourth-order valence-electron chi connectivity index (χ4n) is 6.42. The van der Waals surface area contributed by atoms with Crippen molar-refractivity contribution in [3.63, 3.8) is 0 Å². The van der Waals surface area contributed by atoms with Crippen LogP contribution in [-0.2, 0) is 0 Å². The number of hydrogen-bond donors (Lipinski definition) is 0. The van der Waals surface area contributed by atoms with E-state index in [1.165, 1.54) is 31.3 Å². The highest BCUT2D eigenvalue weighted by atomic mass is 32.1. The average molecular weight is 595 g/mol. The number of fused-ring (bicyclic) bond motifs is 6. The molecule has 9 rings (SSSR count). The Hall–Kier alpha value is -5.71. The third-order valence-electron chi connectivity index (χ3n) is 8.50. The first-order valence-electron chi connectivity index (χ1n) is 15.1. The third-order valence-corrected chi connectivity index (χ3v) is 9.65. The molecule has 0 aliphatic heterocycles. The fourth-order valence-corrected chi connectivity index (χ4v) is 7.51. The van der Waals surface area contributed by atoms with E-state index in [4.69, 9.17) is 9.40 Å². The highest BCUT2D eigenvalue weighted by molar-refractivity contribution is 7.25. The molecule has 9 aromatic rings. The zero-order valence-corrected chi connectivity index (χ0v) is 25.0. The lowest BCUT2D eigenvalue weighted by Crippen LogP contribution is -2.11. The molecule has 0 N–H and O–H groups in total. The van der Waals surface area contributed by atoms with Crippen molar-refractivity contribution in [3.05, 3.63) is 158 Å². The zero-order chi connectivity index (χ0) is 29.7. The molecule has 0 saturated carbocycles. The van der Waals surface area contributed by atoms with Gasteiger partial charge in [-0.15, -0.1) is 11.3 Å². The Morgan fingerprint density at radius 1 is 0.489 bits per heavy atom. The van der Waals surface area contributed by atoms with Gasteiger partial charge >= 0.3 is 0 Å². The van der Waals surface area contributed by atoms with Crippen LogP contribution in [-0.4, -0.2) is 4.98 Å². The van der Waals surface area contributed by atoms with E-state index in [1.807, 2.05) is 41.7 Å². The van der Waals surface area contributed by atoms with Crippen molar-refractivity contribution < 1.29 is 4.42 Å². The van der Waals surface area contributed by atoms with E-state index >= 15 is 0 Å². The zero-order valence-electron chi connectivity index (χ0n) is 24.2. The second-order valence-corrected chi connectivity index (χ2v) is 12.3. The first kappa shape index (κ1) is 25.8. The van der Waals surface area contributed by atoms with E-state index in [9.17, 15) is 0 Å². The molecule has 3 nitrogen and oxygen atoms in total. The van der Waals surface area contributed by atoms with E-state index < -0.39 is 0 Å². The fraction of sp³-hybridized carbons (Fsp3) is 0. The van der Waals surface area contributed by atoms with E-state index in [1.54, 1.807) is 0 Å². The number of nitrogens with zero attached hydrogens (tertiary/aromatic N) is 2. The predicted molar refractivity (Wildman–Crippen MR) is 190 cm³/mol. The molecule has 0 aliphatic rings. The smallest absolute Gasteiger partial charge is 0.227 e. The molecule has 45 heavy (non-hydrogen) atoms. The van der Waals surface area contributed by atoms with Gasteiger partial charge in [0.25, 0.3) is 0 Å². The summed E-state index contributed by atoms with van der Waals surface area (Å²) in [6, 6.07) is 55.6. The molecule has 0 radical (unpaired) electrons. The van der Waals surface area contributed by atoms with E-state index in [0.717, 1.165) is 44.5 Å². The SMILES string of the molecule is c1ccc(-c2nc3c(ccc4c(N(c5ccc6sc7ccccc7c6c5)c5ccccc5-c5ccccc5)cccc43)o2)cc1. The van der Waals surface area contributed by atoms with E-state index in [2.05, 4.69) is 132 Å². The van der Waals surface area contributed by atoms with Gasteiger partial charge in [0.15, 0.2) is 5.58 Å². The second kappa shape index (κ2) is 10.5. The number of para-hydroxylation sites is 1. The van der Waals surface area contributed by atoms with Crippen LogP contribution in [0.25, 0.3) is 64.6 Å². The number of aromatic nitrogens is 1. The molecule has 0 unspecified atom stereocenters. The van der Waals surface area contributed by atoms with Gasteiger partial charge in [0, 0.05) is 47.8 Å². The van der Waals surface area contributed by atoms with E-state index in [0.29, 0.717) is 5.89 Å². The largest absolute Gasteiger partial charge is 0.436 e. The normalized spacial score (nSPS) is 11.6. The first-order chi connectivity index (χ1) is 22.3. The minimum atomic E-state index is 0.629. The second-order valence-electron chi connectivity index (χ2n) is 11.2. The summed E-state index contributed by atoms with van der Waals surface area (Å²) in [6.45, 7) is 0. The van der Waals surface area contributed by atoms with Gasteiger partial charge in [-0.25, -0.2) is 4.98 Å². The summed E-state index contributed by atoms with van der Waals surface area (Å²) >= 11 is 1.84. The molecule has 0 fully saturated rings. The summed E-state index contributed by atoms with van der Waals surface area (Å²) in [5.41, 5.74) is 8.25. The Kier molecular flexibility index (Phi) is 6.00. The van der Waals surface area contributed by atoms with Gasteiger partial charge < -0.3 is 9.32 Å². The Balaban J connectivity index is 1.32. The van der Waals surface area contributed by atoms with Crippen LogP contribution in [0.1, 0.15) is 0 Å². The first-order valence-corrected chi connectivity index (χ1v) is 15.9. The number of hydrogen-bond acceptors (Lipinski definition) is 4. The molecule has 7 aromatic carbocycles. The predicted octanol–water partition coefficient (Wildman–Crippen LogP) is 12.2. The van der Waals surface area contributed by atoms with Crippen LogP contribution in [0, 0.1) is 0 Å². The maximum absolute atomic E-state index is 6.27. The van der Waals surface area contributed by atoms with Gasteiger partial charge in [0.2, 0.25) is 5.89 Å². The van der Waals surface area contributed by atoms with Gasteiger partial charge in [0.1, 0.15) is 5.52 Å². The molecule has 4 heteroatoms. The molecule has 212 valence electrons. The Bertz CT molecular complexity index is 2500.